The van der Waals surface area contributed by atoms with Gasteiger partial charge in [0.2, 0.25) is 5.91 Å². The molecule has 1 aliphatic carbocycles. The van der Waals surface area contributed by atoms with Crippen molar-refractivity contribution in [2.24, 2.45) is 5.41 Å². The normalized spacial score (nSPS) is 20.2. The fourth-order valence-electron chi connectivity index (χ4n) is 4.37. The van der Waals surface area contributed by atoms with Crippen molar-refractivity contribution in [3.63, 3.8) is 0 Å². The minimum Gasteiger partial charge on any atom is -0.381 e. The first-order valence-electron chi connectivity index (χ1n) is 9.77. The van der Waals surface area contributed by atoms with Crippen LogP contribution in [0.3, 0.4) is 0 Å². The Bertz CT molecular complexity index is 728. The van der Waals surface area contributed by atoms with Crippen LogP contribution in [-0.4, -0.2) is 25.2 Å². The number of rotatable bonds is 5. The highest BCUT2D eigenvalue weighted by atomic mass is 32.1. The summed E-state index contributed by atoms with van der Waals surface area (Å²) in [6.45, 7) is 1.36. The number of thiophene rings is 1. The topological polar surface area (TPSA) is 38.3 Å². The number of nitrogens with one attached hydrogen (secondary N) is 1. The predicted octanol–water partition coefficient (Wildman–Crippen LogP) is 4.81. The molecule has 1 aliphatic heterocycles. The lowest BCUT2D eigenvalue weighted by molar-refractivity contribution is -0.137. The van der Waals surface area contributed by atoms with Crippen molar-refractivity contribution in [1.29, 1.82) is 0 Å². The standard InChI is InChI=1S/C22H27NO2S/c24-21(23-18-7-2-3-8-18)22(11-13-25-14-12-22)16-17-6-1-4-9-19(17)20-10-5-15-26-20/h1,4-6,9-10,15,18H,2-3,7-8,11-14,16H2,(H,23,24). The van der Waals surface area contributed by atoms with Gasteiger partial charge in [-0.05, 0) is 54.7 Å². The molecule has 0 radical (unpaired) electrons. The van der Waals surface area contributed by atoms with Crippen molar-refractivity contribution in [2.75, 3.05) is 13.2 Å². The van der Waals surface area contributed by atoms with Crippen LogP contribution in [0.2, 0.25) is 0 Å². The third-order valence-electron chi connectivity index (χ3n) is 5.95. The quantitative estimate of drug-likeness (QED) is 0.821. The predicted molar refractivity (Wildman–Crippen MR) is 106 cm³/mol. The molecule has 1 amide bonds. The molecule has 1 saturated heterocycles. The molecule has 1 aromatic carbocycles. The molecule has 1 saturated carbocycles. The summed E-state index contributed by atoms with van der Waals surface area (Å²) in [5, 5.41) is 5.49. The van der Waals surface area contributed by atoms with Gasteiger partial charge in [-0.25, -0.2) is 0 Å². The first-order chi connectivity index (χ1) is 12.8. The van der Waals surface area contributed by atoms with Crippen molar-refractivity contribution in [3.05, 3.63) is 47.3 Å². The lowest BCUT2D eigenvalue weighted by Gasteiger charge is -2.37. The molecule has 2 aliphatic rings. The maximum absolute atomic E-state index is 13.3. The highest BCUT2D eigenvalue weighted by molar-refractivity contribution is 7.13. The fraction of sp³-hybridized carbons (Fsp3) is 0.500. The maximum Gasteiger partial charge on any atom is 0.226 e. The van der Waals surface area contributed by atoms with Crippen LogP contribution in [0, 0.1) is 5.41 Å². The summed E-state index contributed by atoms with van der Waals surface area (Å²) in [7, 11) is 0. The van der Waals surface area contributed by atoms with Gasteiger partial charge in [-0.2, -0.15) is 0 Å². The Labute approximate surface area is 159 Å². The molecule has 2 heterocycles. The van der Waals surface area contributed by atoms with Gasteiger partial charge in [-0.3, -0.25) is 4.79 Å². The zero-order valence-corrected chi connectivity index (χ0v) is 16.0. The van der Waals surface area contributed by atoms with Gasteiger partial charge < -0.3 is 10.1 Å². The van der Waals surface area contributed by atoms with Gasteiger partial charge in [0.25, 0.3) is 0 Å². The Kier molecular flexibility index (Phi) is 5.41. The summed E-state index contributed by atoms with van der Waals surface area (Å²) >= 11 is 1.76. The number of hydrogen-bond donors (Lipinski definition) is 1. The van der Waals surface area contributed by atoms with Gasteiger partial charge in [0.05, 0.1) is 5.41 Å². The number of amides is 1. The highest BCUT2D eigenvalue weighted by Gasteiger charge is 2.41. The molecular weight excluding hydrogens is 342 g/mol. The van der Waals surface area contributed by atoms with E-state index in [0.29, 0.717) is 19.3 Å². The average molecular weight is 370 g/mol. The first kappa shape index (κ1) is 17.7. The van der Waals surface area contributed by atoms with Gasteiger partial charge in [-0.1, -0.05) is 43.2 Å². The molecule has 2 aromatic rings. The minimum atomic E-state index is -0.339. The van der Waals surface area contributed by atoms with Crippen LogP contribution in [0.1, 0.15) is 44.1 Å². The molecule has 1 aromatic heterocycles. The molecule has 26 heavy (non-hydrogen) atoms. The van der Waals surface area contributed by atoms with E-state index in [0.717, 1.165) is 32.1 Å². The van der Waals surface area contributed by atoms with Gasteiger partial charge in [0.15, 0.2) is 0 Å². The SMILES string of the molecule is O=C(NC1CCCC1)C1(Cc2ccccc2-c2cccs2)CCOCC1. The molecule has 4 heteroatoms. The minimum absolute atomic E-state index is 0.244. The average Bonchev–Trinajstić information content (AvgIpc) is 3.37. The van der Waals surface area contributed by atoms with Crippen LogP contribution in [0.5, 0.6) is 0 Å². The number of carbonyl (C=O) groups is 1. The van der Waals surface area contributed by atoms with E-state index in [9.17, 15) is 4.79 Å². The van der Waals surface area contributed by atoms with E-state index >= 15 is 0 Å². The molecule has 4 rings (SSSR count). The van der Waals surface area contributed by atoms with Gasteiger partial charge >= 0.3 is 0 Å². The fourth-order valence-corrected chi connectivity index (χ4v) is 5.15. The second-order valence-corrected chi connectivity index (χ2v) is 8.61. The van der Waals surface area contributed by atoms with Crippen LogP contribution in [0.15, 0.2) is 41.8 Å². The maximum atomic E-state index is 13.3. The van der Waals surface area contributed by atoms with Crippen LogP contribution in [0.25, 0.3) is 10.4 Å². The largest absolute Gasteiger partial charge is 0.381 e. The number of carbonyl (C=O) groups excluding carboxylic acids is 1. The number of ether oxygens (including phenoxy) is 1. The van der Waals surface area contributed by atoms with Crippen molar-refractivity contribution < 1.29 is 9.53 Å². The Morgan fingerprint density at radius 1 is 1.12 bits per heavy atom. The van der Waals surface area contributed by atoms with E-state index in [-0.39, 0.29) is 11.3 Å². The monoisotopic (exact) mass is 369 g/mol. The molecule has 0 bridgehead atoms. The van der Waals surface area contributed by atoms with Crippen LogP contribution >= 0.6 is 11.3 Å². The van der Waals surface area contributed by atoms with Gasteiger partial charge in [-0.15, -0.1) is 11.3 Å². The van der Waals surface area contributed by atoms with Crippen LogP contribution in [-0.2, 0) is 16.0 Å². The van der Waals surface area contributed by atoms with Gasteiger partial charge in [0.1, 0.15) is 0 Å². The Balaban J connectivity index is 1.60. The zero-order valence-electron chi connectivity index (χ0n) is 15.2. The lowest BCUT2D eigenvalue weighted by atomic mass is 9.73. The summed E-state index contributed by atoms with van der Waals surface area (Å²) < 4.78 is 5.61. The first-order valence-corrected chi connectivity index (χ1v) is 10.7. The van der Waals surface area contributed by atoms with E-state index in [1.54, 1.807) is 11.3 Å². The van der Waals surface area contributed by atoms with E-state index in [4.69, 9.17) is 4.74 Å². The van der Waals surface area contributed by atoms with Crippen molar-refractivity contribution in [3.8, 4) is 10.4 Å². The Hall–Kier alpha value is -1.65. The third-order valence-corrected chi connectivity index (χ3v) is 6.86. The molecular formula is C22H27NO2S. The highest BCUT2D eigenvalue weighted by Crippen LogP contribution is 2.39. The molecule has 0 spiro atoms. The molecule has 138 valence electrons. The second-order valence-electron chi connectivity index (χ2n) is 7.66. The van der Waals surface area contributed by atoms with E-state index in [2.05, 4.69) is 47.1 Å². The third kappa shape index (κ3) is 3.72. The van der Waals surface area contributed by atoms with Gasteiger partial charge in [0, 0.05) is 24.1 Å². The summed E-state index contributed by atoms with van der Waals surface area (Å²) in [4.78, 5) is 14.6. The Morgan fingerprint density at radius 2 is 1.88 bits per heavy atom. The summed E-state index contributed by atoms with van der Waals surface area (Å²) in [6, 6.07) is 13.2. The van der Waals surface area contributed by atoms with Crippen molar-refractivity contribution >= 4 is 17.2 Å². The summed E-state index contributed by atoms with van der Waals surface area (Å²) in [5.41, 5.74) is 2.20. The van der Waals surface area contributed by atoms with Crippen molar-refractivity contribution in [2.45, 2.75) is 51.0 Å². The molecule has 1 N–H and O–H groups in total. The van der Waals surface area contributed by atoms with Crippen molar-refractivity contribution in [1.82, 2.24) is 5.32 Å². The van der Waals surface area contributed by atoms with E-state index < -0.39 is 0 Å². The summed E-state index contributed by atoms with van der Waals surface area (Å²) in [5.74, 6) is 0.244. The number of benzene rings is 1. The molecule has 0 atom stereocenters. The van der Waals surface area contributed by atoms with Crippen LogP contribution in [0.4, 0.5) is 0 Å². The van der Waals surface area contributed by atoms with E-state index in [1.807, 2.05) is 0 Å². The lowest BCUT2D eigenvalue weighted by Crippen LogP contribution is -2.48. The second kappa shape index (κ2) is 7.93. The smallest absolute Gasteiger partial charge is 0.226 e. The molecule has 0 unspecified atom stereocenters. The summed E-state index contributed by atoms with van der Waals surface area (Å²) in [6.07, 6.45) is 7.15. The van der Waals surface area contributed by atoms with Crippen LogP contribution < -0.4 is 5.32 Å². The zero-order chi connectivity index (χ0) is 17.8. The van der Waals surface area contributed by atoms with E-state index in [1.165, 1.54) is 28.8 Å². The number of hydrogen-bond acceptors (Lipinski definition) is 3. The molecule has 2 fully saturated rings. The Morgan fingerprint density at radius 3 is 2.62 bits per heavy atom. The molecule has 3 nitrogen and oxygen atoms in total.